The SMILES string of the molecule is [O-]/[N+](=N\O)N1CCC1. The lowest BCUT2D eigenvalue weighted by atomic mass is 10.3. The van der Waals surface area contributed by atoms with Gasteiger partial charge >= 0.3 is 0 Å². The van der Waals surface area contributed by atoms with Gasteiger partial charge in [0.1, 0.15) is 0 Å². The number of hydrazine groups is 1. The summed E-state index contributed by atoms with van der Waals surface area (Å²) in [6, 6.07) is 0. The van der Waals surface area contributed by atoms with Gasteiger partial charge in [0.25, 0.3) is 0 Å². The van der Waals surface area contributed by atoms with Gasteiger partial charge in [0.2, 0.25) is 5.28 Å². The standard InChI is InChI=1S/C3H7N3O2/c7-4-6(8)5-2-1-3-5/h7H,1-3H2/b6-4-. The van der Waals surface area contributed by atoms with Gasteiger partial charge in [-0.15, -0.1) is 5.01 Å². The van der Waals surface area contributed by atoms with Gasteiger partial charge in [-0.25, -0.2) is 0 Å². The van der Waals surface area contributed by atoms with E-state index in [4.69, 9.17) is 5.21 Å². The van der Waals surface area contributed by atoms with Crippen molar-refractivity contribution in [1.82, 2.24) is 5.01 Å². The maximum absolute atomic E-state index is 10.2. The smallest absolute Gasteiger partial charge is 0.230 e. The summed E-state index contributed by atoms with van der Waals surface area (Å²) in [4.78, 5) is 0.198. The largest absolute Gasteiger partial charge is 0.569 e. The van der Waals surface area contributed by atoms with Crippen LogP contribution in [-0.4, -0.2) is 28.3 Å². The molecule has 0 amide bonds. The van der Waals surface area contributed by atoms with Crippen LogP contribution in [0.2, 0.25) is 0 Å². The Balaban J connectivity index is 2.34. The van der Waals surface area contributed by atoms with E-state index in [-0.39, 0.29) is 4.97 Å². The molecule has 0 aliphatic carbocycles. The molecule has 0 unspecified atom stereocenters. The fourth-order valence-electron chi connectivity index (χ4n) is 0.527. The highest BCUT2D eigenvalue weighted by Crippen LogP contribution is 2.04. The summed E-state index contributed by atoms with van der Waals surface area (Å²) in [5.74, 6) is 0. The van der Waals surface area contributed by atoms with Crippen molar-refractivity contribution in [2.45, 2.75) is 6.42 Å². The van der Waals surface area contributed by atoms with Gasteiger partial charge in [0.15, 0.2) is 0 Å². The van der Waals surface area contributed by atoms with Gasteiger partial charge in [0, 0.05) is 0 Å². The summed E-state index contributed by atoms with van der Waals surface area (Å²) in [5, 5.41) is 21.9. The maximum atomic E-state index is 10.2. The minimum atomic E-state index is 0.198. The predicted molar refractivity (Wildman–Crippen MR) is 24.0 cm³/mol. The van der Waals surface area contributed by atoms with Crippen molar-refractivity contribution in [1.29, 1.82) is 0 Å². The zero-order chi connectivity index (χ0) is 5.98. The minimum absolute atomic E-state index is 0.198. The molecule has 1 heterocycles. The first-order valence-electron chi connectivity index (χ1n) is 2.42. The average Bonchev–Trinajstić information content (AvgIpc) is 1.62. The molecule has 0 atom stereocenters. The van der Waals surface area contributed by atoms with Crippen molar-refractivity contribution in [3.8, 4) is 0 Å². The van der Waals surface area contributed by atoms with E-state index in [1.807, 2.05) is 0 Å². The molecule has 0 bridgehead atoms. The highest BCUT2D eigenvalue weighted by Gasteiger charge is 2.20. The molecule has 0 spiro atoms. The van der Waals surface area contributed by atoms with Crippen LogP contribution in [0, 0.1) is 5.21 Å². The lowest BCUT2D eigenvalue weighted by Gasteiger charge is -2.24. The second-order valence-corrected chi connectivity index (χ2v) is 1.65. The van der Waals surface area contributed by atoms with Crippen LogP contribution in [0.15, 0.2) is 5.28 Å². The van der Waals surface area contributed by atoms with Crippen LogP contribution in [0.25, 0.3) is 0 Å². The summed E-state index contributed by atoms with van der Waals surface area (Å²) in [7, 11) is 0. The fourth-order valence-corrected chi connectivity index (χ4v) is 0.527. The third kappa shape index (κ3) is 0.661. The molecule has 5 heteroatoms. The zero-order valence-electron chi connectivity index (χ0n) is 4.32. The Morgan fingerprint density at radius 3 is 2.38 bits per heavy atom. The molecule has 0 aromatic heterocycles. The van der Waals surface area contributed by atoms with E-state index in [2.05, 4.69) is 5.28 Å². The lowest BCUT2D eigenvalue weighted by molar-refractivity contribution is -0.721. The average molecular weight is 117 g/mol. The highest BCUT2D eigenvalue weighted by molar-refractivity contribution is 4.56. The Bertz CT molecular complexity index is 109. The molecular formula is C3H7N3O2. The third-order valence-electron chi connectivity index (χ3n) is 1.15. The molecule has 1 aliphatic rings. The van der Waals surface area contributed by atoms with Crippen molar-refractivity contribution in [2.24, 2.45) is 5.28 Å². The van der Waals surface area contributed by atoms with Gasteiger partial charge in [-0.2, -0.15) is 0 Å². The van der Waals surface area contributed by atoms with E-state index in [1.54, 1.807) is 0 Å². The molecule has 1 rings (SSSR count). The molecule has 1 aliphatic heterocycles. The number of rotatable bonds is 1. The van der Waals surface area contributed by atoms with Crippen LogP contribution < -0.4 is 0 Å². The Morgan fingerprint density at radius 2 is 2.25 bits per heavy atom. The Kier molecular flexibility index (Phi) is 1.19. The maximum Gasteiger partial charge on any atom is 0.230 e. The van der Waals surface area contributed by atoms with E-state index in [1.165, 1.54) is 5.01 Å². The number of nitrogens with zero attached hydrogens (tertiary/aromatic N) is 3. The molecule has 0 aromatic rings. The Hall–Kier alpha value is -1.00. The molecule has 8 heavy (non-hydrogen) atoms. The summed E-state index contributed by atoms with van der Waals surface area (Å²) < 4.78 is 0. The molecule has 5 nitrogen and oxygen atoms in total. The van der Waals surface area contributed by atoms with E-state index in [0.717, 1.165) is 6.42 Å². The number of hydrogen-bond acceptors (Lipinski definition) is 2. The van der Waals surface area contributed by atoms with E-state index >= 15 is 0 Å². The van der Waals surface area contributed by atoms with Crippen LogP contribution in [0.4, 0.5) is 0 Å². The van der Waals surface area contributed by atoms with Gasteiger partial charge in [-0.3, -0.25) is 0 Å². The van der Waals surface area contributed by atoms with Crippen LogP contribution >= 0.6 is 0 Å². The predicted octanol–water partition coefficient (Wildman–Crippen LogP) is -0.0412. The van der Waals surface area contributed by atoms with Crippen molar-refractivity contribution in [2.75, 3.05) is 13.1 Å². The van der Waals surface area contributed by atoms with Crippen LogP contribution in [-0.2, 0) is 0 Å². The van der Waals surface area contributed by atoms with Crippen molar-refractivity contribution < 1.29 is 10.2 Å². The monoisotopic (exact) mass is 117 g/mol. The van der Waals surface area contributed by atoms with Gasteiger partial charge < -0.3 is 10.4 Å². The van der Waals surface area contributed by atoms with Gasteiger partial charge in [-0.1, -0.05) is 0 Å². The van der Waals surface area contributed by atoms with E-state index in [0.29, 0.717) is 13.1 Å². The Labute approximate surface area is 46.3 Å². The van der Waals surface area contributed by atoms with Crippen LogP contribution in [0.3, 0.4) is 0 Å². The van der Waals surface area contributed by atoms with Crippen molar-refractivity contribution in [3.05, 3.63) is 5.21 Å². The van der Waals surface area contributed by atoms with Crippen LogP contribution in [0.1, 0.15) is 6.42 Å². The Morgan fingerprint density at radius 1 is 1.62 bits per heavy atom. The quantitative estimate of drug-likeness (QED) is 0.298. The third-order valence-corrected chi connectivity index (χ3v) is 1.15. The summed E-state index contributed by atoms with van der Waals surface area (Å²) in [6.07, 6.45) is 1.01. The lowest BCUT2D eigenvalue weighted by Crippen LogP contribution is -2.41. The fraction of sp³-hybridized carbons (Fsp3) is 1.00. The first kappa shape index (κ1) is 5.14. The normalized spacial score (nSPS) is 20.5. The van der Waals surface area contributed by atoms with Gasteiger partial charge in [-0.05, 0) is 6.42 Å². The molecule has 46 valence electrons. The second kappa shape index (κ2) is 1.85. The summed E-state index contributed by atoms with van der Waals surface area (Å²) >= 11 is 0. The zero-order valence-corrected chi connectivity index (χ0v) is 4.32. The summed E-state index contributed by atoms with van der Waals surface area (Å²) in [6.45, 7) is 1.40. The molecular weight excluding hydrogens is 110 g/mol. The number of hydrogen-bond donors (Lipinski definition) is 1. The van der Waals surface area contributed by atoms with E-state index < -0.39 is 0 Å². The molecule has 1 fully saturated rings. The van der Waals surface area contributed by atoms with Crippen molar-refractivity contribution >= 4 is 0 Å². The second-order valence-electron chi connectivity index (χ2n) is 1.65. The van der Waals surface area contributed by atoms with Gasteiger partial charge in [0.05, 0.1) is 18.1 Å². The summed E-state index contributed by atoms with van der Waals surface area (Å²) in [5.41, 5.74) is 0. The van der Waals surface area contributed by atoms with E-state index in [9.17, 15) is 5.21 Å². The minimum Gasteiger partial charge on any atom is -0.569 e. The molecule has 0 aromatic carbocycles. The first-order chi connectivity index (χ1) is 3.84. The molecule has 0 saturated carbocycles. The van der Waals surface area contributed by atoms with Crippen LogP contribution in [0.5, 0.6) is 0 Å². The molecule has 1 N–H and O–H groups in total. The highest BCUT2D eigenvalue weighted by atomic mass is 16.6. The molecule has 0 radical (unpaired) electrons. The first-order valence-corrected chi connectivity index (χ1v) is 2.42. The molecule has 1 saturated heterocycles. The topological polar surface area (TPSA) is 61.9 Å². The van der Waals surface area contributed by atoms with Crippen molar-refractivity contribution in [3.63, 3.8) is 0 Å².